The molecule has 0 bridgehead atoms. The summed E-state index contributed by atoms with van der Waals surface area (Å²) in [5, 5.41) is 3.08. The van der Waals surface area contributed by atoms with Crippen LogP contribution < -0.4 is 5.32 Å². The third-order valence-corrected chi connectivity index (χ3v) is 4.56. The first kappa shape index (κ1) is 16.7. The van der Waals surface area contributed by atoms with Crippen molar-refractivity contribution in [1.29, 1.82) is 0 Å². The van der Waals surface area contributed by atoms with Crippen LogP contribution in [0.2, 0.25) is 0 Å². The van der Waals surface area contributed by atoms with E-state index in [1.165, 1.54) is 0 Å². The predicted octanol–water partition coefficient (Wildman–Crippen LogP) is 5.86. The summed E-state index contributed by atoms with van der Waals surface area (Å²) >= 11 is 10.2. The molecule has 0 saturated carbocycles. The number of carbonyl (C=O) groups excluding carboxylic acids is 1. The molecule has 0 aromatic heterocycles. The van der Waals surface area contributed by atoms with Crippen LogP contribution in [0, 0.1) is 0 Å². The smallest absolute Gasteiger partial charge is 0.251 e. The first-order valence-corrected chi connectivity index (χ1v) is 8.90. The Kier molecular flexibility index (Phi) is 6.02. The first-order chi connectivity index (χ1) is 9.99. The van der Waals surface area contributed by atoms with E-state index in [0.717, 1.165) is 25.4 Å². The van der Waals surface area contributed by atoms with E-state index in [-0.39, 0.29) is 11.9 Å². The van der Waals surface area contributed by atoms with Crippen molar-refractivity contribution in [1.82, 2.24) is 5.32 Å². The normalized spacial score (nSPS) is 12.0. The van der Waals surface area contributed by atoms with Crippen molar-refractivity contribution in [3.05, 3.63) is 67.0 Å². The molecular weight excluding hydrogens is 462 g/mol. The maximum atomic E-state index is 12.4. The Balaban J connectivity index is 2.18. The van der Waals surface area contributed by atoms with Crippen molar-refractivity contribution >= 4 is 53.7 Å². The van der Waals surface area contributed by atoms with Gasteiger partial charge in [0.2, 0.25) is 0 Å². The molecule has 0 aliphatic heterocycles. The Morgan fingerprint density at radius 1 is 1.00 bits per heavy atom. The average molecular weight is 476 g/mol. The van der Waals surface area contributed by atoms with E-state index >= 15 is 0 Å². The number of halogens is 3. The van der Waals surface area contributed by atoms with Gasteiger partial charge in [-0.05, 0) is 42.3 Å². The van der Waals surface area contributed by atoms with E-state index in [2.05, 4.69) is 60.0 Å². The van der Waals surface area contributed by atoms with Crippen molar-refractivity contribution in [2.75, 3.05) is 0 Å². The van der Waals surface area contributed by atoms with Gasteiger partial charge in [0.25, 0.3) is 5.91 Å². The van der Waals surface area contributed by atoms with Crippen molar-refractivity contribution in [2.45, 2.75) is 19.4 Å². The minimum Gasteiger partial charge on any atom is -0.345 e. The zero-order valence-electron chi connectivity index (χ0n) is 11.4. The van der Waals surface area contributed by atoms with Crippen LogP contribution in [0.3, 0.4) is 0 Å². The van der Waals surface area contributed by atoms with Gasteiger partial charge in [0.05, 0.1) is 6.04 Å². The van der Waals surface area contributed by atoms with Gasteiger partial charge >= 0.3 is 0 Å². The lowest BCUT2D eigenvalue weighted by molar-refractivity contribution is 0.0935. The Bertz CT molecular complexity index is 620. The number of rotatable bonds is 4. The lowest BCUT2D eigenvalue weighted by Crippen LogP contribution is -2.28. The topological polar surface area (TPSA) is 29.1 Å². The summed E-state index contributed by atoms with van der Waals surface area (Å²) in [5.74, 6) is -0.0771. The molecule has 0 radical (unpaired) electrons. The third kappa shape index (κ3) is 4.66. The largest absolute Gasteiger partial charge is 0.345 e. The van der Waals surface area contributed by atoms with Gasteiger partial charge in [-0.25, -0.2) is 0 Å². The van der Waals surface area contributed by atoms with E-state index in [4.69, 9.17) is 0 Å². The van der Waals surface area contributed by atoms with Crippen LogP contribution in [0.1, 0.15) is 35.3 Å². The molecule has 2 nitrogen and oxygen atoms in total. The zero-order chi connectivity index (χ0) is 15.4. The highest BCUT2D eigenvalue weighted by molar-refractivity contribution is 9.11. The highest BCUT2D eigenvalue weighted by Crippen LogP contribution is 2.23. The molecule has 0 spiro atoms. The highest BCUT2D eigenvalue weighted by Gasteiger charge is 2.14. The molecule has 110 valence electrons. The van der Waals surface area contributed by atoms with Crippen molar-refractivity contribution < 1.29 is 4.79 Å². The molecule has 0 aliphatic rings. The average Bonchev–Trinajstić information content (AvgIpc) is 2.44. The second-order valence-electron chi connectivity index (χ2n) is 4.64. The second-order valence-corrected chi connectivity index (χ2v) is 7.39. The van der Waals surface area contributed by atoms with E-state index < -0.39 is 0 Å². The first-order valence-electron chi connectivity index (χ1n) is 6.52. The molecule has 0 aliphatic carbocycles. The Morgan fingerprint density at radius 3 is 2.10 bits per heavy atom. The van der Waals surface area contributed by atoms with E-state index in [9.17, 15) is 4.79 Å². The molecule has 1 unspecified atom stereocenters. The van der Waals surface area contributed by atoms with Crippen molar-refractivity contribution in [3.8, 4) is 0 Å². The van der Waals surface area contributed by atoms with Crippen LogP contribution in [0.4, 0.5) is 0 Å². The van der Waals surface area contributed by atoms with Crippen LogP contribution in [-0.2, 0) is 0 Å². The van der Waals surface area contributed by atoms with Gasteiger partial charge in [0, 0.05) is 19.0 Å². The van der Waals surface area contributed by atoms with E-state index in [1.54, 1.807) is 0 Å². The zero-order valence-corrected chi connectivity index (χ0v) is 16.1. The molecule has 1 amide bonds. The molecule has 0 saturated heterocycles. The fourth-order valence-corrected chi connectivity index (χ4v) is 3.60. The summed E-state index contributed by atoms with van der Waals surface area (Å²) in [6.45, 7) is 2.06. The quantitative estimate of drug-likeness (QED) is 0.590. The molecule has 1 N–H and O–H groups in total. The minimum absolute atomic E-state index is 0.00311. The number of carbonyl (C=O) groups is 1. The molecule has 1 atom stereocenters. The van der Waals surface area contributed by atoms with Gasteiger partial charge in [-0.3, -0.25) is 4.79 Å². The van der Waals surface area contributed by atoms with Crippen molar-refractivity contribution in [3.63, 3.8) is 0 Å². The molecule has 2 aromatic carbocycles. The number of hydrogen-bond donors (Lipinski definition) is 1. The standard InChI is InChI=1S/C16H14Br3NO/c1-2-15(10-3-5-12(17)6-4-10)20-16(21)11-7-13(18)9-14(19)8-11/h3-9,15H,2H2,1H3,(H,20,21). The number of amides is 1. The summed E-state index contributed by atoms with van der Waals surface area (Å²) < 4.78 is 2.78. The molecular formula is C16H14Br3NO. The van der Waals surface area contributed by atoms with E-state index in [0.29, 0.717) is 5.56 Å². The van der Waals surface area contributed by atoms with Crippen LogP contribution >= 0.6 is 47.8 Å². The lowest BCUT2D eigenvalue weighted by Gasteiger charge is -2.18. The van der Waals surface area contributed by atoms with Gasteiger partial charge in [-0.2, -0.15) is 0 Å². The third-order valence-electron chi connectivity index (χ3n) is 3.11. The molecule has 2 aromatic rings. The predicted molar refractivity (Wildman–Crippen MR) is 96.5 cm³/mol. The summed E-state index contributed by atoms with van der Waals surface area (Å²) in [7, 11) is 0. The van der Waals surface area contributed by atoms with Crippen LogP contribution in [0.15, 0.2) is 55.9 Å². The van der Waals surface area contributed by atoms with Gasteiger partial charge in [-0.1, -0.05) is 66.8 Å². The van der Waals surface area contributed by atoms with Gasteiger partial charge in [0.1, 0.15) is 0 Å². The Morgan fingerprint density at radius 2 is 1.57 bits per heavy atom. The van der Waals surface area contributed by atoms with Crippen LogP contribution in [-0.4, -0.2) is 5.91 Å². The monoisotopic (exact) mass is 473 g/mol. The molecule has 5 heteroatoms. The number of nitrogens with one attached hydrogen (secondary N) is 1. The molecule has 2 rings (SSSR count). The highest BCUT2D eigenvalue weighted by atomic mass is 79.9. The molecule has 0 fully saturated rings. The lowest BCUT2D eigenvalue weighted by atomic mass is 10.0. The van der Waals surface area contributed by atoms with Gasteiger partial charge in [0.15, 0.2) is 0 Å². The summed E-state index contributed by atoms with van der Waals surface area (Å²) in [5.41, 5.74) is 1.73. The fraction of sp³-hybridized carbons (Fsp3) is 0.188. The van der Waals surface area contributed by atoms with Gasteiger partial charge in [-0.15, -0.1) is 0 Å². The van der Waals surface area contributed by atoms with Gasteiger partial charge < -0.3 is 5.32 Å². The Labute approximate surface area is 149 Å². The van der Waals surface area contributed by atoms with Crippen LogP contribution in [0.25, 0.3) is 0 Å². The maximum Gasteiger partial charge on any atom is 0.251 e. The maximum absolute atomic E-state index is 12.4. The SMILES string of the molecule is CCC(NC(=O)c1cc(Br)cc(Br)c1)c1ccc(Br)cc1. The minimum atomic E-state index is -0.0771. The number of benzene rings is 2. The summed E-state index contributed by atoms with van der Waals surface area (Å²) in [4.78, 5) is 12.4. The molecule has 21 heavy (non-hydrogen) atoms. The molecule has 0 heterocycles. The fourth-order valence-electron chi connectivity index (χ4n) is 2.04. The second kappa shape index (κ2) is 7.56. The van der Waals surface area contributed by atoms with E-state index in [1.807, 2.05) is 42.5 Å². The summed E-state index contributed by atoms with van der Waals surface area (Å²) in [6.07, 6.45) is 0.836. The van der Waals surface area contributed by atoms with Crippen molar-refractivity contribution in [2.24, 2.45) is 0 Å². The summed E-state index contributed by atoms with van der Waals surface area (Å²) in [6, 6.07) is 13.6. The van der Waals surface area contributed by atoms with Crippen LogP contribution in [0.5, 0.6) is 0 Å². The number of hydrogen-bond acceptors (Lipinski definition) is 1. The Hall–Kier alpha value is -0.650.